The normalized spacial score (nSPS) is 30.8. The highest BCUT2D eigenvalue weighted by molar-refractivity contribution is 5.22. The van der Waals surface area contributed by atoms with Gasteiger partial charge in [0.2, 0.25) is 0 Å². The Hall–Kier alpha value is -1.26. The molecule has 132 valence electrons. The summed E-state index contributed by atoms with van der Waals surface area (Å²) >= 11 is 0. The van der Waals surface area contributed by atoms with Crippen LogP contribution in [0.2, 0.25) is 0 Å². The van der Waals surface area contributed by atoms with E-state index in [0.29, 0.717) is 24.2 Å². The average Bonchev–Trinajstić information content (AvgIpc) is 2.61. The molecule has 1 saturated carbocycles. The van der Waals surface area contributed by atoms with Crippen molar-refractivity contribution in [1.29, 1.82) is 0 Å². The number of hydrogen-bond acceptors (Lipinski definition) is 2. The van der Waals surface area contributed by atoms with Crippen LogP contribution in [0.15, 0.2) is 36.4 Å². The summed E-state index contributed by atoms with van der Waals surface area (Å²) < 4.78 is 36.3. The number of ether oxygens (including phenoxy) is 2. The summed E-state index contributed by atoms with van der Waals surface area (Å²) in [7, 11) is 0. The molecule has 0 spiro atoms. The third-order valence-electron chi connectivity index (χ3n) is 5.44. The molecule has 1 aromatic carbocycles. The number of rotatable bonds is 4. The molecule has 1 aliphatic carbocycles. The Morgan fingerprint density at radius 3 is 2.21 bits per heavy atom. The fraction of sp³-hybridized carbons (Fsp3) is 0.600. The van der Waals surface area contributed by atoms with Crippen molar-refractivity contribution in [2.24, 2.45) is 17.8 Å². The van der Waals surface area contributed by atoms with Crippen molar-refractivity contribution >= 4 is 0 Å². The molecule has 1 heterocycles. The van der Waals surface area contributed by atoms with Gasteiger partial charge in [-0.25, -0.2) is 0 Å². The van der Waals surface area contributed by atoms with Gasteiger partial charge < -0.3 is 9.47 Å². The molecular weight excluding hydrogens is 310 g/mol. The van der Waals surface area contributed by atoms with Crippen molar-refractivity contribution < 1.29 is 18.3 Å². The van der Waals surface area contributed by atoms with E-state index >= 15 is 0 Å². The lowest BCUT2D eigenvalue weighted by atomic mass is 9.75. The lowest BCUT2D eigenvalue weighted by molar-refractivity contribution is -0.214. The Balaban J connectivity index is 1.44. The Morgan fingerprint density at radius 2 is 1.62 bits per heavy atom. The van der Waals surface area contributed by atoms with Crippen LogP contribution < -0.4 is 0 Å². The summed E-state index contributed by atoms with van der Waals surface area (Å²) in [4.78, 5) is 0. The molecule has 24 heavy (non-hydrogen) atoms. The van der Waals surface area contributed by atoms with Crippen LogP contribution in [0.5, 0.6) is 0 Å². The highest BCUT2D eigenvalue weighted by Crippen LogP contribution is 2.38. The second kappa shape index (κ2) is 8.21. The van der Waals surface area contributed by atoms with Gasteiger partial charge in [-0.3, -0.25) is 0 Å². The first-order chi connectivity index (χ1) is 11.6. The van der Waals surface area contributed by atoms with Gasteiger partial charge in [0.25, 0.3) is 6.08 Å². The quantitative estimate of drug-likeness (QED) is 0.709. The van der Waals surface area contributed by atoms with E-state index in [1.165, 1.54) is 5.56 Å². The van der Waals surface area contributed by atoms with Crippen molar-refractivity contribution in [3.63, 3.8) is 0 Å². The molecule has 1 aliphatic heterocycles. The third kappa shape index (κ3) is 4.64. The Bertz CT molecular complexity index is 535. The van der Waals surface area contributed by atoms with E-state index in [-0.39, 0.29) is 6.29 Å². The SMILES string of the molecule is Cc1ccc(C2OCC(C3CCC(CC=C(F)F)CC3)CO2)cc1. The van der Waals surface area contributed by atoms with Crippen LogP contribution >= 0.6 is 0 Å². The maximum absolute atomic E-state index is 12.2. The van der Waals surface area contributed by atoms with E-state index in [2.05, 4.69) is 31.2 Å². The van der Waals surface area contributed by atoms with Gasteiger partial charge in [-0.05, 0) is 56.9 Å². The molecule has 1 saturated heterocycles. The summed E-state index contributed by atoms with van der Waals surface area (Å²) in [5.74, 6) is 1.44. The van der Waals surface area contributed by atoms with Gasteiger partial charge in [0.05, 0.1) is 13.2 Å². The number of benzene rings is 1. The fourth-order valence-corrected chi connectivity index (χ4v) is 3.86. The highest BCUT2D eigenvalue weighted by atomic mass is 19.3. The minimum absolute atomic E-state index is 0.254. The van der Waals surface area contributed by atoms with Crippen LogP contribution in [-0.4, -0.2) is 13.2 Å². The Kier molecular flexibility index (Phi) is 6.01. The lowest BCUT2D eigenvalue weighted by Gasteiger charge is -2.37. The minimum atomic E-state index is -1.55. The Labute approximate surface area is 142 Å². The van der Waals surface area contributed by atoms with Crippen molar-refractivity contribution in [3.8, 4) is 0 Å². The van der Waals surface area contributed by atoms with E-state index in [0.717, 1.165) is 50.5 Å². The zero-order valence-electron chi connectivity index (χ0n) is 14.2. The standard InChI is InChI=1S/C20H26F2O2/c1-14-2-7-17(8-3-14)20-23-12-18(13-24-20)16-9-4-15(5-10-16)6-11-19(21)22/h2-3,7-8,11,15-16,18,20H,4-6,9-10,12-13H2,1H3. The predicted octanol–water partition coefficient (Wildman–Crippen LogP) is 5.63. The molecule has 0 aromatic heterocycles. The van der Waals surface area contributed by atoms with Crippen LogP contribution in [0.4, 0.5) is 8.78 Å². The van der Waals surface area contributed by atoms with E-state index in [1.54, 1.807) is 0 Å². The Morgan fingerprint density at radius 1 is 1.00 bits per heavy atom. The van der Waals surface area contributed by atoms with Crippen LogP contribution in [0.25, 0.3) is 0 Å². The number of hydrogen-bond donors (Lipinski definition) is 0. The van der Waals surface area contributed by atoms with Crippen LogP contribution in [-0.2, 0) is 9.47 Å². The predicted molar refractivity (Wildman–Crippen MR) is 89.7 cm³/mol. The molecule has 0 radical (unpaired) electrons. The maximum atomic E-state index is 12.2. The van der Waals surface area contributed by atoms with Crippen molar-refractivity contribution in [3.05, 3.63) is 47.5 Å². The zero-order chi connectivity index (χ0) is 16.9. The molecule has 1 aromatic rings. The summed E-state index contributed by atoms with van der Waals surface area (Å²) in [6.07, 6.45) is 4.05. The van der Waals surface area contributed by atoms with E-state index in [1.807, 2.05) is 0 Å². The van der Waals surface area contributed by atoms with Gasteiger partial charge in [-0.1, -0.05) is 29.8 Å². The molecule has 0 bridgehead atoms. The lowest BCUT2D eigenvalue weighted by Crippen LogP contribution is -2.34. The fourth-order valence-electron chi connectivity index (χ4n) is 3.86. The van der Waals surface area contributed by atoms with Crippen molar-refractivity contribution in [1.82, 2.24) is 0 Å². The van der Waals surface area contributed by atoms with Gasteiger partial charge in [0, 0.05) is 11.5 Å². The number of halogens is 2. The van der Waals surface area contributed by atoms with E-state index in [9.17, 15) is 8.78 Å². The summed E-state index contributed by atoms with van der Waals surface area (Å²) in [5, 5.41) is 0. The van der Waals surface area contributed by atoms with Crippen LogP contribution in [0.1, 0.15) is 49.5 Å². The number of allylic oxidation sites excluding steroid dienone is 1. The molecule has 0 unspecified atom stereocenters. The maximum Gasteiger partial charge on any atom is 0.266 e. The molecule has 2 fully saturated rings. The molecule has 0 N–H and O–H groups in total. The van der Waals surface area contributed by atoms with Crippen LogP contribution in [0.3, 0.4) is 0 Å². The van der Waals surface area contributed by atoms with E-state index < -0.39 is 6.08 Å². The van der Waals surface area contributed by atoms with Gasteiger partial charge in [0.15, 0.2) is 6.29 Å². The smallest absolute Gasteiger partial charge is 0.266 e. The molecule has 4 heteroatoms. The molecule has 2 aliphatic rings. The summed E-state index contributed by atoms with van der Waals surface area (Å²) in [5.41, 5.74) is 2.30. The minimum Gasteiger partial charge on any atom is -0.348 e. The monoisotopic (exact) mass is 336 g/mol. The van der Waals surface area contributed by atoms with Crippen molar-refractivity contribution in [2.75, 3.05) is 13.2 Å². The highest BCUT2D eigenvalue weighted by Gasteiger charge is 2.32. The van der Waals surface area contributed by atoms with Gasteiger partial charge >= 0.3 is 0 Å². The van der Waals surface area contributed by atoms with Gasteiger partial charge in [-0.15, -0.1) is 0 Å². The zero-order valence-corrected chi connectivity index (χ0v) is 14.2. The average molecular weight is 336 g/mol. The van der Waals surface area contributed by atoms with Gasteiger partial charge in [-0.2, -0.15) is 8.78 Å². The van der Waals surface area contributed by atoms with Crippen molar-refractivity contribution in [2.45, 2.75) is 45.3 Å². The van der Waals surface area contributed by atoms with Crippen LogP contribution in [0, 0.1) is 24.7 Å². The van der Waals surface area contributed by atoms with E-state index in [4.69, 9.17) is 9.47 Å². The van der Waals surface area contributed by atoms with Gasteiger partial charge in [0.1, 0.15) is 0 Å². The molecule has 0 atom stereocenters. The summed E-state index contributed by atoms with van der Waals surface area (Å²) in [6.45, 7) is 3.52. The first-order valence-corrected chi connectivity index (χ1v) is 8.92. The molecular formula is C20H26F2O2. The molecule has 0 amide bonds. The largest absolute Gasteiger partial charge is 0.348 e. The second-order valence-electron chi connectivity index (χ2n) is 7.18. The second-order valence-corrected chi connectivity index (χ2v) is 7.18. The first-order valence-electron chi connectivity index (χ1n) is 8.92. The third-order valence-corrected chi connectivity index (χ3v) is 5.44. The topological polar surface area (TPSA) is 18.5 Å². The molecule has 3 rings (SSSR count). The summed E-state index contributed by atoms with van der Waals surface area (Å²) in [6, 6.07) is 8.26. The number of aryl methyl sites for hydroxylation is 1. The first kappa shape index (κ1) is 17.6. The molecule has 2 nitrogen and oxygen atoms in total.